The molecule has 92 valence electrons. The first kappa shape index (κ1) is 11.0. The fourth-order valence-electron chi connectivity index (χ4n) is 2.08. The molecule has 0 aliphatic heterocycles. The smallest absolute Gasteiger partial charge is 0.0261 e. The van der Waals surface area contributed by atoms with Crippen LogP contribution in [0.3, 0.4) is 0 Å². The summed E-state index contributed by atoms with van der Waals surface area (Å²) in [4.78, 5) is 0. The minimum Gasteiger partial charge on any atom is -0.282 e. The molecule has 18 heavy (non-hydrogen) atoms. The summed E-state index contributed by atoms with van der Waals surface area (Å²) < 4.78 is 6.62. The summed E-state index contributed by atoms with van der Waals surface area (Å²) in [6, 6.07) is 12.2. The monoisotopic (exact) mass is 257 g/mol. The average molecular weight is 257 g/mol. The maximum absolute atomic E-state index is 4.08. The molecule has 0 spiro atoms. The fourth-order valence-corrected chi connectivity index (χ4v) is 4.74. The minimum absolute atomic E-state index is 1.53. The van der Waals surface area contributed by atoms with E-state index in [1.54, 1.807) is 0 Å². The highest BCUT2D eigenvalue weighted by Crippen LogP contribution is 2.52. The van der Waals surface area contributed by atoms with Crippen molar-refractivity contribution in [2.24, 2.45) is 0 Å². The van der Waals surface area contributed by atoms with Crippen molar-refractivity contribution in [3.05, 3.63) is 85.6 Å². The van der Waals surface area contributed by atoms with E-state index >= 15 is 0 Å². The van der Waals surface area contributed by atoms with Gasteiger partial charge in [0, 0.05) is 53.2 Å². The van der Waals surface area contributed by atoms with Gasteiger partial charge in [-0.1, -0.05) is 6.58 Å². The molecule has 3 heterocycles. The Morgan fingerprint density at radius 1 is 0.611 bits per heavy atom. The van der Waals surface area contributed by atoms with E-state index in [1.807, 2.05) is 41.8 Å². The number of rotatable bonds is 4. The molecule has 0 N–H and O–H groups in total. The van der Waals surface area contributed by atoms with Crippen LogP contribution >= 0.6 is 10.6 Å². The predicted octanol–water partition coefficient (Wildman–Crippen LogP) is 3.73. The molecule has 0 unspecified atom stereocenters. The van der Waals surface area contributed by atoms with Crippen LogP contribution in [0.4, 0.5) is 0 Å². The molecule has 0 amide bonds. The highest BCUT2D eigenvalue weighted by molar-refractivity contribution is 8.32. The van der Waals surface area contributed by atoms with Crippen molar-refractivity contribution in [2.45, 2.75) is 0 Å². The highest BCUT2D eigenvalue weighted by atomic mass is 32.3. The molecule has 3 aromatic rings. The second-order valence-electron chi connectivity index (χ2n) is 3.86. The number of aromatic nitrogens is 3. The highest BCUT2D eigenvalue weighted by Gasteiger charge is 2.24. The Balaban J connectivity index is 2.29. The summed E-state index contributed by atoms with van der Waals surface area (Å²) in [5.41, 5.74) is 0. The van der Waals surface area contributed by atoms with Gasteiger partial charge in [0.25, 0.3) is 0 Å². The molecule has 3 rings (SSSR count). The van der Waals surface area contributed by atoms with E-state index in [4.69, 9.17) is 0 Å². The van der Waals surface area contributed by atoms with Gasteiger partial charge in [-0.3, -0.25) is 11.9 Å². The van der Waals surface area contributed by atoms with Gasteiger partial charge in [0.05, 0.1) is 0 Å². The average Bonchev–Trinajstić information content (AvgIpc) is 3.16. The second kappa shape index (κ2) is 4.31. The molecule has 0 bridgehead atoms. The van der Waals surface area contributed by atoms with Gasteiger partial charge in [-0.15, -0.1) is 0 Å². The Kier molecular flexibility index (Phi) is 2.64. The standard InChI is InChI=1S/C14H15N3S/c1-2-18(15-9-3-4-10-15,16-11-5-6-12-16)17-13-7-8-14-17/h2-14H,1H2. The molecular weight excluding hydrogens is 242 g/mol. The van der Waals surface area contributed by atoms with E-state index < -0.39 is 10.6 Å². The molecule has 0 saturated carbocycles. The Morgan fingerprint density at radius 3 is 1.11 bits per heavy atom. The van der Waals surface area contributed by atoms with Gasteiger partial charge in [-0.05, 0) is 36.4 Å². The number of hydrogen-bond acceptors (Lipinski definition) is 0. The summed E-state index contributed by atoms with van der Waals surface area (Å²) in [6.07, 6.45) is 12.5. The number of nitrogens with zero attached hydrogens (tertiary/aromatic N) is 3. The maximum atomic E-state index is 4.08. The minimum atomic E-state index is -1.53. The first-order valence-corrected chi connectivity index (χ1v) is 7.31. The zero-order valence-electron chi connectivity index (χ0n) is 9.96. The molecule has 0 aliphatic rings. The van der Waals surface area contributed by atoms with Crippen LogP contribution < -0.4 is 0 Å². The number of hydrogen-bond donors (Lipinski definition) is 0. The molecule has 0 atom stereocenters. The van der Waals surface area contributed by atoms with Crippen LogP contribution in [0.15, 0.2) is 85.6 Å². The van der Waals surface area contributed by atoms with Crippen molar-refractivity contribution in [1.82, 2.24) is 11.9 Å². The Labute approximate surface area is 108 Å². The predicted molar refractivity (Wildman–Crippen MR) is 77.3 cm³/mol. The van der Waals surface area contributed by atoms with E-state index in [0.29, 0.717) is 0 Å². The normalized spacial score (nSPS) is 12.4. The van der Waals surface area contributed by atoms with Gasteiger partial charge in [-0.25, -0.2) is 0 Å². The van der Waals surface area contributed by atoms with E-state index in [2.05, 4.69) is 55.7 Å². The van der Waals surface area contributed by atoms with Crippen molar-refractivity contribution in [1.29, 1.82) is 0 Å². The maximum Gasteiger partial charge on any atom is 0.0261 e. The molecule has 3 nitrogen and oxygen atoms in total. The van der Waals surface area contributed by atoms with Crippen molar-refractivity contribution in [3.8, 4) is 0 Å². The van der Waals surface area contributed by atoms with Crippen molar-refractivity contribution in [2.75, 3.05) is 0 Å². The largest absolute Gasteiger partial charge is 0.282 e. The quantitative estimate of drug-likeness (QED) is 0.676. The van der Waals surface area contributed by atoms with Gasteiger partial charge in [-0.2, -0.15) is 0 Å². The first-order valence-electron chi connectivity index (χ1n) is 5.74. The van der Waals surface area contributed by atoms with Gasteiger partial charge in [0.2, 0.25) is 0 Å². The van der Waals surface area contributed by atoms with Crippen molar-refractivity contribution in [3.63, 3.8) is 0 Å². The summed E-state index contributed by atoms with van der Waals surface area (Å²) in [5, 5.41) is 2.02. The Morgan fingerprint density at radius 2 is 0.889 bits per heavy atom. The molecule has 3 aromatic heterocycles. The lowest BCUT2D eigenvalue weighted by Crippen LogP contribution is -2.20. The Hall–Kier alpha value is -2.07. The third-order valence-corrected chi connectivity index (χ3v) is 5.92. The van der Waals surface area contributed by atoms with E-state index in [9.17, 15) is 0 Å². The zero-order chi connectivity index (χ0) is 12.4. The third-order valence-electron chi connectivity index (χ3n) is 2.89. The van der Waals surface area contributed by atoms with Gasteiger partial charge >= 0.3 is 0 Å². The van der Waals surface area contributed by atoms with Crippen molar-refractivity contribution < 1.29 is 0 Å². The molecule has 0 fully saturated rings. The topological polar surface area (TPSA) is 14.8 Å². The van der Waals surface area contributed by atoms with E-state index in [0.717, 1.165) is 0 Å². The fraction of sp³-hybridized carbons (Fsp3) is 0. The van der Waals surface area contributed by atoms with E-state index in [1.165, 1.54) is 0 Å². The third kappa shape index (κ3) is 1.46. The van der Waals surface area contributed by atoms with Crippen molar-refractivity contribution >= 4 is 10.6 Å². The summed E-state index contributed by atoms with van der Waals surface area (Å²) >= 11 is 0. The lowest BCUT2D eigenvalue weighted by Gasteiger charge is -2.40. The van der Waals surface area contributed by atoms with Crippen LogP contribution in [-0.4, -0.2) is 11.9 Å². The van der Waals surface area contributed by atoms with Gasteiger partial charge < -0.3 is 0 Å². The van der Waals surface area contributed by atoms with Crippen LogP contribution in [0.5, 0.6) is 0 Å². The molecule has 0 radical (unpaired) electrons. The lowest BCUT2D eigenvalue weighted by molar-refractivity contribution is 1.07. The van der Waals surface area contributed by atoms with Crippen LogP contribution in [-0.2, 0) is 0 Å². The van der Waals surface area contributed by atoms with Crippen LogP contribution in [0.1, 0.15) is 0 Å². The van der Waals surface area contributed by atoms with Crippen LogP contribution in [0, 0.1) is 0 Å². The van der Waals surface area contributed by atoms with Gasteiger partial charge in [0.15, 0.2) is 0 Å². The van der Waals surface area contributed by atoms with E-state index in [-0.39, 0.29) is 0 Å². The second-order valence-corrected chi connectivity index (χ2v) is 6.58. The first-order chi connectivity index (χ1) is 8.88. The lowest BCUT2D eigenvalue weighted by atomic mass is 10.7. The summed E-state index contributed by atoms with van der Waals surface area (Å²) in [7, 11) is -1.53. The SMILES string of the molecule is C=CS(n1cccc1)(n1cccc1)n1cccc1. The van der Waals surface area contributed by atoms with Gasteiger partial charge in [0.1, 0.15) is 0 Å². The molecular formula is C14H15N3S. The molecule has 0 aliphatic carbocycles. The molecule has 0 aromatic carbocycles. The van der Waals surface area contributed by atoms with Crippen LogP contribution in [0.2, 0.25) is 0 Å². The van der Waals surface area contributed by atoms with Crippen LogP contribution in [0.25, 0.3) is 0 Å². The summed E-state index contributed by atoms with van der Waals surface area (Å²) in [5.74, 6) is 0. The zero-order valence-corrected chi connectivity index (χ0v) is 10.8. The molecule has 0 saturated heterocycles. The Bertz CT molecular complexity index is 522. The molecule has 4 heteroatoms. The summed E-state index contributed by atoms with van der Waals surface area (Å²) in [6.45, 7) is 4.08.